The van der Waals surface area contributed by atoms with Crippen molar-refractivity contribution in [3.8, 4) is 22.6 Å². The molecule has 162 valence electrons. The van der Waals surface area contributed by atoms with Gasteiger partial charge in [0.25, 0.3) is 11.5 Å². The van der Waals surface area contributed by atoms with Crippen molar-refractivity contribution in [2.75, 3.05) is 5.32 Å². The van der Waals surface area contributed by atoms with Gasteiger partial charge in [-0.05, 0) is 45.0 Å². The quantitative estimate of drug-likeness (QED) is 0.522. The Morgan fingerprint density at radius 2 is 1.97 bits per heavy atom. The molecule has 0 saturated carbocycles. The third-order valence-corrected chi connectivity index (χ3v) is 5.10. The molecular weight excluding hydrogens is 406 g/mol. The normalized spacial score (nSPS) is 11.0. The first-order valence-electron chi connectivity index (χ1n) is 10.2. The molecule has 0 atom stereocenters. The number of aromatic nitrogens is 6. The van der Waals surface area contributed by atoms with E-state index in [1.165, 1.54) is 4.57 Å². The molecule has 9 heteroatoms. The van der Waals surface area contributed by atoms with Gasteiger partial charge in [-0.2, -0.15) is 0 Å². The lowest BCUT2D eigenvalue weighted by atomic mass is 10.0. The first-order valence-corrected chi connectivity index (χ1v) is 10.2. The van der Waals surface area contributed by atoms with E-state index in [0.29, 0.717) is 17.3 Å². The second kappa shape index (κ2) is 8.54. The summed E-state index contributed by atoms with van der Waals surface area (Å²) >= 11 is 0. The number of carbonyl (C=O) groups excluding carboxylic acids is 1. The number of amides is 1. The average molecular weight is 429 g/mol. The van der Waals surface area contributed by atoms with Gasteiger partial charge in [0.05, 0.1) is 0 Å². The van der Waals surface area contributed by atoms with E-state index in [9.17, 15) is 9.59 Å². The van der Waals surface area contributed by atoms with E-state index in [2.05, 4.69) is 25.5 Å². The molecule has 0 aliphatic heterocycles. The number of hydrogen-bond acceptors (Lipinski definition) is 6. The van der Waals surface area contributed by atoms with Gasteiger partial charge in [0, 0.05) is 42.3 Å². The number of pyridine rings is 3. The van der Waals surface area contributed by atoms with Gasteiger partial charge in [-0.1, -0.05) is 12.1 Å². The molecule has 0 unspecified atom stereocenters. The predicted octanol–water partition coefficient (Wildman–Crippen LogP) is 3.24. The highest BCUT2D eigenvalue weighted by atomic mass is 16.2. The Morgan fingerprint density at radius 3 is 2.72 bits per heavy atom. The molecule has 0 radical (unpaired) electrons. The van der Waals surface area contributed by atoms with E-state index >= 15 is 0 Å². The van der Waals surface area contributed by atoms with Gasteiger partial charge in [-0.15, -0.1) is 10.2 Å². The second-order valence-electron chi connectivity index (χ2n) is 7.71. The Balaban J connectivity index is 1.67. The van der Waals surface area contributed by atoms with Crippen LogP contribution in [0.4, 0.5) is 5.82 Å². The van der Waals surface area contributed by atoms with E-state index in [0.717, 1.165) is 16.8 Å². The van der Waals surface area contributed by atoms with Gasteiger partial charge >= 0.3 is 0 Å². The molecule has 0 aliphatic rings. The standard InChI is InChI=1S/C23H23N7O2/c1-14(2)30-13-25-28-21(30)19-8-5-9-20(26-19)27-22(31)18-11-16(12-29(4)23(18)32)17-7-6-10-24-15(17)3/h5-14H,1-4H3,(H,26,27,31). The largest absolute Gasteiger partial charge is 0.317 e. The Bertz CT molecular complexity index is 1350. The minimum atomic E-state index is -0.538. The molecule has 0 aromatic carbocycles. The maximum Gasteiger partial charge on any atom is 0.263 e. The van der Waals surface area contributed by atoms with Crippen molar-refractivity contribution in [2.24, 2.45) is 7.05 Å². The zero-order valence-electron chi connectivity index (χ0n) is 18.3. The van der Waals surface area contributed by atoms with Crippen molar-refractivity contribution < 1.29 is 4.79 Å². The van der Waals surface area contributed by atoms with Gasteiger partial charge in [0.1, 0.15) is 23.4 Å². The molecular formula is C23H23N7O2. The fraction of sp³-hybridized carbons (Fsp3) is 0.217. The molecule has 4 heterocycles. The first-order chi connectivity index (χ1) is 15.3. The number of carbonyl (C=O) groups is 1. The summed E-state index contributed by atoms with van der Waals surface area (Å²) in [6.07, 6.45) is 5.04. The van der Waals surface area contributed by atoms with Crippen molar-refractivity contribution in [2.45, 2.75) is 26.8 Å². The Morgan fingerprint density at radius 1 is 1.16 bits per heavy atom. The van der Waals surface area contributed by atoms with E-state index in [4.69, 9.17) is 0 Å². The SMILES string of the molecule is Cc1ncccc1-c1cc(C(=O)Nc2cccc(-c3nncn3C(C)C)n2)c(=O)n(C)c1. The van der Waals surface area contributed by atoms with Crippen LogP contribution in [-0.4, -0.2) is 35.2 Å². The summed E-state index contributed by atoms with van der Waals surface area (Å²) in [6.45, 7) is 5.92. The number of rotatable bonds is 5. The van der Waals surface area contributed by atoms with Crippen LogP contribution in [0.3, 0.4) is 0 Å². The van der Waals surface area contributed by atoms with Gasteiger partial charge < -0.3 is 14.5 Å². The zero-order chi connectivity index (χ0) is 22.8. The molecule has 4 aromatic heterocycles. The van der Waals surface area contributed by atoms with E-state index in [1.54, 1.807) is 50.0 Å². The van der Waals surface area contributed by atoms with E-state index in [-0.39, 0.29) is 11.6 Å². The highest BCUT2D eigenvalue weighted by molar-refractivity contribution is 6.04. The van der Waals surface area contributed by atoms with Crippen LogP contribution in [0.25, 0.3) is 22.6 Å². The molecule has 0 fully saturated rings. The average Bonchev–Trinajstić information content (AvgIpc) is 3.26. The zero-order valence-corrected chi connectivity index (χ0v) is 18.3. The molecule has 9 nitrogen and oxygen atoms in total. The Labute approximate surface area is 184 Å². The molecule has 32 heavy (non-hydrogen) atoms. The highest BCUT2D eigenvalue weighted by Crippen LogP contribution is 2.22. The van der Waals surface area contributed by atoms with Crippen LogP contribution in [0.1, 0.15) is 35.9 Å². The third kappa shape index (κ3) is 4.04. The van der Waals surface area contributed by atoms with Crippen LogP contribution in [-0.2, 0) is 7.05 Å². The van der Waals surface area contributed by atoms with Crippen LogP contribution in [0.2, 0.25) is 0 Å². The predicted molar refractivity (Wildman–Crippen MR) is 121 cm³/mol. The number of aryl methyl sites for hydroxylation is 2. The molecule has 0 aliphatic carbocycles. The van der Waals surface area contributed by atoms with Crippen molar-refractivity contribution in [3.63, 3.8) is 0 Å². The van der Waals surface area contributed by atoms with Crippen molar-refractivity contribution in [1.82, 2.24) is 29.3 Å². The summed E-state index contributed by atoms with van der Waals surface area (Å²) in [5.74, 6) is 0.376. The Kier molecular flexibility index (Phi) is 5.63. The minimum absolute atomic E-state index is 0.0193. The topological polar surface area (TPSA) is 108 Å². The fourth-order valence-corrected chi connectivity index (χ4v) is 3.43. The summed E-state index contributed by atoms with van der Waals surface area (Å²) in [4.78, 5) is 34.5. The van der Waals surface area contributed by atoms with Gasteiger partial charge in [0.15, 0.2) is 5.82 Å². The maximum atomic E-state index is 13.0. The number of hydrogen-bond donors (Lipinski definition) is 1. The van der Waals surface area contributed by atoms with Gasteiger partial charge in [-0.25, -0.2) is 4.98 Å². The van der Waals surface area contributed by atoms with Crippen molar-refractivity contribution in [1.29, 1.82) is 0 Å². The molecule has 1 N–H and O–H groups in total. The van der Waals surface area contributed by atoms with Crippen LogP contribution in [0, 0.1) is 6.92 Å². The Hall–Kier alpha value is -4.14. The number of anilines is 1. The van der Waals surface area contributed by atoms with Crippen molar-refractivity contribution >= 4 is 11.7 Å². The maximum absolute atomic E-state index is 13.0. The van der Waals surface area contributed by atoms with Crippen LogP contribution in [0.15, 0.2) is 59.9 Å². The smallest absolute Gasteiger partial charge is 0.263 e. The van der Waals surface area contributed by atoms with Crippen LogP contribution in [0.5, 0.6) is 0 Å². The van der Waals surface area contributed by atoms with Crippen molar-refractivity contribution in [3.05, 3.63) is 76.7 Å². The third-order valence-electron chi connectivity index (χ3n) is 5.10. The lowest BCUT2D eigenvalue weighted by Crippen LogP contribution is -2.28. The monoisotopic (exact) mass is 429 g/mol. The molecule has 0 bridgehead atoms. The lowest BCUT2D eigenvalue weighted by molar-refractivity contribution is 0.102. The van der Waals surface area contributed by atoms with E-state index < -0.39 is 11.5 Å². The van der Waals surface area contributed by atoms with Crippen LogP contribution >= 0.6 is 0 Å². The number of nitrogens with one attached hydrogen (secondary N) is 1. The summed E-state index contributed by atoms with van der Waals surface area (Å²) in [5, 5.41) is 10.8. The van der Waals surface area contributed by atoms with Gasteiger partial charge in [-0.3, -0.25) is 14.6 Å². The molecule has 4 aromatic rings. The summed E-state index contributed by atoms with van der Waals surface area (Å²) in [5.41, 5.74) is 2.58. The first kappa shape index (κ1) is 21.1. The summed E-state index contributed by atoms with van der Waals surface area (Å²) in [6, 6.07) is 10.7. The number of nitrogens with zero attached hydrogens (tertiary/aromatic N) is 6. The molecule has 0 saturated heterocycles. The second-order valence-corrected chi connectivity index (χ2v) is 7.71. The molecule has 1 amide bonds. The minimum Gasteiger partial charge on any atom is -0.317 e. The van der Waals surface area contributed by atoms with E-state index in [1.807, 2.05) is 37.5 Å². The van der Waals surface area contributed by atoms with Gasteiger partial charge in [0.2, 0.25) is 0 Å². The van der Waals surface area contributed by atoms with Crippen LogP contribution < -0.4 is 10.9 Å². The molecule has 4 rings (SSSR count). The fourth-order valence-electron chi connectivity index (χ4n) is 3.43. The highest BCUT2D eigenvalue weighted by Gasteiger charge is 2.17. The summed E-state index contributed by atoms with van der Waals surface area (Å²) < 4.78 is 3.29. The summed E-state index contributed by atoms with van der Waals surface area (Å²) in [7, 11) is 1.62. The molecule has 0 spiro atoms. The lowest BCUT2D eigenvalue weighted by Gasteiger charge is -2.12.